The molecule has 1 N–H and O–H groups in total. The van der Waals surface area contributed by atoms with Gasteiger partial charge in [-0.25, -0.2) is 4.79 Å². The number of methoxy groups -OCH3 is 1. The van der Waals surface area contributed by atoms with E-state index < -0.39 is 35.6 Å². The predicted molar refractivity (Wildman–Crippen MR) is 82.5 cm³/mol. The third-order valence-corrected chi connectivity index (χ3v) is 3.90. The van der Waals surface area contributed by atoms with Gasteiger partial charge in [0.05, 0.1) is 18.2 Å². The van der Waals surface area contributed by atoms with Crippen LogP contribution in [0.15, 0.2) is 18.2 Å². The molecule has 0 saturated heterocycles. The molecule has 1 aromatic rings. The highest BCUT2D eigenvalue weighted by molar-refractivity contribution is 5.66. The lowest BCUT2D eigenvalue weighted by atomic mass is 9.99. The topological polar surface area (TPSA) is 41.6 Å². The van der Waals surface area contributed by atoms with E-state index in [0.717, 1.165) is 12.1 Å². The number of carbonyl (C=O) groups excluding carboxylic acids is 1. The first-order valence-corrected chi connectivity index (χ1v) is 7.75. The summed E-state index contributed by atoms with van der Waals surface area (Å²) in [5, 5.41) is 2.41. The molecule has 0 aliphatic rings. The van der Waals surface area contributed by atoms with E-state index in [1.807, 2.05) is 0 Å². The van der Waals surface area contributed by atoms with E-state index in [4.69, 9.17) is 0 Å². The molecule has 0 saturated carbocycles. The summed E-state index contributed by atoms with van der Waals surface area (Å²) in [5.74, 6) is 0. The van der Waals surface area contributed by atoms with Gasteiger partial charge in [-0.2, -0.15) is 26.3 Å². The third-order valence-electron chi connectivity index (χ3n) is 3.90. The van der Waals surface area contributed by atoms with Crippen LogP contribution in [0.25, 0.3) is 0 Å². The molecule has 148 valence electrons. The minimum absolute atomic E-state index is 0.102. The van der Waals surface area contributed by atoms with Crippen molar-refractivity contribution in [2.45, 2.75) is 32.2 Å². The van der Waals surface area contributed by atoms with Crippen molar-refractivity contribution in [2.24, 2.45) is 0 Å². The number of carbonyl (C=O) groups is 1. The molecule has 0 aliphatic heterocycles. The van der Waals surface area contributed by atoms with Crippen molar-refractivity contribution in [2.75, 3.05) is 26.7 Å². The molecular weight excluding hydrogens is 366 g/mol. The Balaban J connectivity index is 3.11. The summed E-state index contributed by atoms with van der Waals surface area (Å²) in [7, 11) is 1.18. The van der Waals surface area contributed by atoms with E-state index in [0.29, 0.717) is 6.54 Å². The van der Waals surface area contributed by atoms with Crippen LogP contribution < -0.4 is 5.32 Å². The lowest BCUT2D eigenvalue weighted by molar-refractivity contribution is -0.143. The van der Waals surface area contributed by atoms with E-state index >= 15 is 0 Å². The van der Waals surface area contributed by atoms with E-state index in [1.54, 1.807) is 11.8 Å². The summed E-state index contributed by atoms with van der Waals surface area (Å²) in [5.41, 5.74) is -2.80. The van der Waals surface area contributed by atoms with E-state index in [-0.39, 0.29) is 24.7 Å². The van der Waals surface area contributed by atoms with Crippen molar-refractivity contribution in [1.82, 2.24) is 10.2 Å². The van der Waals surface area contributed by atoms with Crippen LogP contribution in [0.5, 0.6) is 0 Å². The molecule has 0 aliphatic carbocycles. The van der Waals surface area contributed by atoms with Crippen LogP contribution in [-0.2, 0) is 17.1 Å². The number of hydrogen-bond donors (Lipinski definition) is 1. The molecule has 4 nitrogen and oxygen atoms in total. The second-order valence-electron chi connectivity index (χ2n) is 5.56. The van der Waals surface area contributed by atoms with Crippen LogP contribution in [0.2, 0.25) is 0 Å². The Labute approximate surface area is 147 Å². The second-order valence-corrected chi connectivity index (χ2v) is 5.56. The lowest BCUT2D eigenvalue weighted by Crippen LogP contribution is -2.36. The number of nitrogens with zero attached hydrogens (tertiary/aromatic N) is 1. The summed E-state index contributed by atoms with van der Waals surface area (Å²) in [4.78, 5) is 12.7. The standard InChI is InChI=1S/C16H20F6N2O2/c1-4-24(6-5-23-14(25)26-3)10(2)11-7-12(15(17,18)19)9-13(8-11)16(20,21)22/h7-10H,4-6H2,1-3H3,(H,23,25)/t10-/m0/s1. The summed E-state index contributed by atoms with van der Waals surface area (Å²) < 4.78 is 82.2. The highest BCUT2D eigenvalue weighted by Gasteiger charge is 2.37. The molecule has 1 amide bonds. The third kappa shape index (κ3) is 6.08. The van der Waals surface area contributed by atoms with Gasteiger partial charge < -0.3 is 10.1 Å². The van der Waals surface area contributed by atoms with Gasteiger partial charge in [0.1, 0.15) is 0 Å². The molecular formula is C16H20F6N2O2. The van der Waals surface area contributed by atoms with Crippen molar-refractivity contribution < 1.29 is 35.9 Å². The first-order valence-electron chi connectivity index (χ1n) is 7.75. The quantitative estimate of drug-likeness (QED) is 0.734. The molecule has 26 heavy (non-hydrogen) atoms. The Morgan fingerprint density at radius 1 is 1.12 bits per heavy atom. The summed E-state index contributed by atoms with van der Waals surface area (Å²) in [6.45, 7) is 3.95. The fourth-order valence-electron chi connectivity index (χ4n) is 2.43. The van der Waals surface area contributed by atoms with Crippen LogP contribution in [0, 0.1) is 0 Å². The SMILES string of the molecule is CCN(CCNC(=O)OC)[C@@H](C)c1cc(C(F)(F)F)cc(C(F)(F)F)c1. The number of nitrogens with one attached hydrogen (secondary N) is 1. The first-order chi connectivity index (χ1) is 11.9. The molecule has 0 fully saturated rings. The number of hydrogen-bond acceptors (Lipinski definition) is 3. The zero-order valence-electron chi connectivity index (χ0n) is 14.5. The normalized spacial score (nSPS) is 13.6. The van der Waals surface area contributed by atoms with Crippen molar-refractivity contribution in [3.8, 4) is 0 Å². The number of benzene rings is 1. The van der Waals surface area contributed by atoms with Gasteiger partial charge in [-0.1, -0.05) is 6.92 Å². The summed E-state index contributed by atoms with van der Waals surface area (Å²) in [6.07, 6.45) is -10.5. The van der Waals surface area contributed by atoms with Crippen molar-refractivity contribution >= 4 is 6.09 Å². The van der Waals surface area contributed by atoms with Gasteiger partial charge in [0, 0.05) is 19.1 Å². The molecule has 0 aromatic heterocycles. The monoisotopic (exact) mass is 386 g/mol. The molecule has 0 unspecified atom stereocenters. The van der Waals surface area contributed by atoms with Crippen molar-refractivity contribution in [3.05, 3.63) is 34.9 Å². The van der Waals surface area contributed by atoms with Crippen LogP contribution in [-0.4, -0.2) is 37.7 Å². The van der Waals surface area contributed by atoms with Crippen molar-refractivity contribution in [1.29, 1.82) is 0 Å². The molecule has 0 heterocycles. The summed E-state index contributed by atoms with van der Waals surface area (Å²) in [6, 6.07) is 0.820. The first kappa shape index (κ1) is 22.1. The maximum Gasteiger partial charge on any atom is 0.416 e. The van der Waals surface area contributed by atoms with Crippen LogP contribution >= 0.6 is 0 Å². The molecule has 0 bridgehead atoms. The largest absolute Gasteiger partial charge is 0.453 e. The van der Waals surface area contributed by atoms with Crippen LogP contribution in [0.3, 0.4) is 0 Å². The van der Waals surface area contributed by atoms with E-state index in [9.17, 15) is 31.1 Å². The Morgan fingerprint density at radius 3 is 2.00 bits per heavy atom. The molecule has 0 spiro atoms. The van der Waals surface area contributed by atoms with Gasteiger partial charge >= 0.3 is 18.4 Å². The Morgan fingerprint density at radius 2 is 1.62 bits per heavy atom. The molecule has 1 atom stereocenters. The highest BCUT2D eigenvalue weighted by atomic mass is 19.4. The number of ether oxygens (including phenoxy) is 1. The zero-order chi connectivity index (χ0) is 20.1. The lowest BCUT2D eigenvalue weighted by Gasteiger charge is -2.29. The van der Waals surface area contributed by atoms with Crippen LogP contribution in [0.1, 0.15) is 36.6 Å². The van der Waals surface area contributed by atoms with Gasteiger partial charge in [0.2, 0.25) is 0 Å². The van der Waals surface area contributed by atoms with Crippen molar-refractivity contribution in [3.63, 3.8) is 0 Å². The summed E-state index contributed by atoms with van der Waals surface area (Å²) >= 11 is 0. The Hall–Kier alpha value is -1.97. The molecule has 0 radical (unpaired) electrons. The second kappa shape index (κ2) is 8.61. The number of halogens is 6. The minimum atomic E-state index is -4.89. The molecule has 1 aromatic carbocycles. The number of likely N-dealkylation sites (N-methyl/N-ethyl adjacent to an activating group) is 1. The van der Waals surface area contributed by atoms with Gasteiger partial charge in [-0.05, 0) is 37.2 Å². The molecule has 1 rings (SSSR count). The van der Waals surface area contributed by atoms with E-state index in [1.165, 1.54) is 14.0 Å². The van der Waals surface area contributed by atoms with Gasteiger partial charge in [0.15, 0.2) is 0 Å². The van der Waals surface area contributed by atoms with Crippen LogP contribution in [0.4, 0.5) is 31.1 Å². The fourth-order valence-corrected chi connectivity index (χ4v) is 2.43. The Kier molecular flexibility index (Phi) is 7.31. The average molecular weight is 386 g/mol. The van der Waals surface area contributed by atoms with Gasteiger partial charge in [0.25, 0.3) is 0 Å². The number of amides is 1. The number of alkyl carbamates (subject to hydrolysis) is 1. The maximum atomic E-state index is 13.0. The highest BCUT2D eigenvalue weighted by Crippen LogP contribution is 2.38. The zero-order valence-corrected chi connectivity index (χ0v) is 14.5. The van der Waals surface area contributed by atoms with Gasteiger partial charge in [-0.15, -0.1) is 0 Å². The average Bonchev–Trinajstić information content (AvgIpc) is 2.56. The minimum Gasteiger partial charge on any atom is -0.453 e. The Bertz CT molecular complexity index is 583. The predicted octanol–water partition coefficient (Wildman–Crippen LogP) is 4.46. The van der Waals surface area contributed by atoms with Gasteiger partial charge in [-0.3, -0.25) is 4.90 Å². The number of alkyl halides is 6. The van der Waals surface area contributed by atoms with E-state index in [2.05, 4.69) is 10.1 Å². The maximum absolute atomic E-state index is 13.0. The smallest absolute Gasteiger partial charge is 0.416 e. The molecule has 10 heteroatoms. The fraction of sp³-hybridized carbons (Fsp3) is 0.562. The number of rotatable bonds is 6.